The molecule has 108 valence electrons. The third-order valence-electron chi connectivity index (χ3n) is 2.97. The molecule has 8 heteroatoms. The van der Waals surface area contributed by atoms with Crippen LogP contribution in [0.1, 0.15) is 11.1 Å². The molecule has 0 radical (unpaired) electrons. The van der Waals surface area contributed by atoms with Gasteiger partial charge in [0.1, 0.15) is 5.82 Å². The minimum atomic E-state index is -4.55. The zero-order chi connectivity index (χ0) is 15.0. The smallest absolute Gasteiger partial charge is 0.309 e. The maximum absolute atomic E-state index is 13.3. The molecular weight excluding hydrogens is 288 g/mol. The number of alkyl halides is 3. The zero-order valence-corrected chi connectivity index (χ0v) is 10.5. The van der Waals surface area contributed by atoms with Gasteiger partial charge in [0.15, 0.2) is 11.3 Å². The first kappa shape index (κ1) is 13.5. The van der Waals surface area contributed by atoms with E-state index in [0.717, 1.165) is 18.2 Å². The first-order chi connectivity index (χ1) is 9.95. The molecule has 3 aromatic rings. The van der Waals surface area contributed by atoms with Gasteiger partial charge in [0.2, 0.25) is 0 Å². The molecule has 2 aromatic heterocycles. The van der Waals surface area contributed by atoms with E-state index < -0.39 is 17.6 Å². The fourth-order valence-corrected chi connectivity index (χ4v) is 2.06. The van der Waals surface area contributed by atoms with E-state index in [-0.39, 0.29) is 12.1 Å². The molecule has 0 saturated heterocycles. The molecule has 4 nitrogen and oxygen atoms in total. The van der Waals surface area contributed by atoms with Crippen LogP contribution in [-0.2, 0) is 12.7 Å². The van der Waals surface area contributed by atoms with Crippen LogP contribution in [0, 0.1) is 5.82 Å². The lowest BCUT2D eigenvalue weighted by Crippen LogP contribution is -2.12. The van der Waals surface area contributed by atoms with Crippen molar-refractivity contribution in [3.63, 3.8) is 0 Å². The lowest BCUT2D eigenvalue weighted by molar-refractivity contribution is -0.138. The Kier molecular flexibility index (Phi) is 3.08. The number of hydrogen-bond acceptors (Lipinski definition) is 3. The highest BCUT2D eigenvalue weighted by Crippen LogP contribution is 2.32. The molecule has 0 fully saturated rings. The molecule has 3 rings (SSSR count). The van der Waals surface area contributed by atoms with E-state index in [1.54, 1.807) is 0 Å². The Balaban J connectivity index is 2.07. The van der Waals surface area contributed by atoms with Crippen LogP contribution < -0.4 is 0 Å². The predicted molar refractivity (Wildman–Crippen MR) is 65.8 cm³/mol. The molecule has 0 saturated carbocycles. The Hall–Kier alpha value is -2.51. The van der Waals surface area contributed by atoms with Crippen molar-refractivity contribution in [2.45, 2.75) is 12.7 Å². The topological polar surface area (TPSA) is 43.6 Å². The minimum Gasteiger partial charge on any atom is -0.309 e. The highest BCUT2D eigenvalue weighted by atomic mass is 19.4. The number of aromatic nitrogens is 4. The molecule has 0 atom stereocenters. The van der Waals surface area contributed by atoms with Crippen molar-refractivity contribution in [1.82, 2.24) is 19.5 Å². The number of halogens is 4. The Morgan fingerprint density at radius 1 is 1.05 bits per heavy atom. The van der Waals surface area contributed by atoms with E-state index in [2.05, 4.69) is 15.0 Å². The maximum atomic E-state index is 13.3. The van der Waals surface area contributed by atoms with E-state index in [1.165, 1.54) is 23.3 Å². The van der Waals surface area contributed by atoms with Crippen molar-refractivity contribution in [3.05, 3.63) is 53.9 Å². The van der Waals surface area contributed by atoms with Crippen molar-refractivity contribution in [1.29, 1.82) is 0 Å². The van der Waals surface area contributed by atoms with Gasteiger partial charge >= 0.3 is 6.18 Å². The van der Waals surface area contributed by atoms with Crippen molar-refractivity contribution in [2.24, 2.45) is 0 Å². The normalized spacial score (nSPS) is 12.0. The summed E-state index contributed by atoms with van der Waals surface area (Å²) in [6.45, 7) is -0.193. The quantitative estimate of drug-likeness (QED) is 0.683. The van der Waals surface area contributed by atoms with Gasteiger partial charge in [0.05, 0.1) is 18.4 Å². The van der Waals surface area contributed by atoms with Gasteiger partial charge in [-0.2, -0.15) is 13.2 Å². The number of fused-ring (bicyclic) bond motifs is 1. The average molecular weight is 296 g/mol. The zero-order valence-electron chi connectivity index (χ0n) is 10.5. The van der Waals surface area contributed by atoms with Crippen LogP contribution in [0.3, 0.4) is 0 Å². The molecule has 0 unspecified atom stereocenters. The molecule has 21 heavy (non-hydrogen) atoms. The third-order valence-corrected chi connectivity index (χ3v) is 2.97. The van der Waals surface area contributed by atoms with Crippen LogP contribution in [0.5, 0.6) is 0 Å². The van der Waals surface area contributed by atoms with Crippen LogP contribution in [0.25, 0.3) is 11.3 Å². The fourth-order valence-electron chi connectivity index (χ4n) is 2.06. The van der Waals surface area contributed by atoms with Gasteiger partial charge in [0, 0.05) is 12.4 Å². The van der Waals surface area contributed by atoms with Crippen LogP contribution in [0.2, 0.25) is 0 Å². The maximum Gasteiger partial charge on any atom is 0.416 e. The van der Waals surface area contributed by atoms with E-state index >= 15 is 0 Å². The summed E-state index contributed by atoms with van der Waals surface area (Å²) in [5, 5.41) is 0. The molecule has 0 N–H and O–H groups in total. The van der Waals surface area contributed by atoms with E-state index in [1.807, 2.05) is 0 Å². The molecule has 0 aliphatic rings. The number of imidazole rings is 1. The number of benzene rings is 1. The van der Waals surface area contributed by atoms with Crippen molar-refractivity contribution in [3.8, 4) is 0 Å². The number of hydrogen-bond donors (Lipinski definition) is 0. The summed E-state index contributed by atoms with van der Waals surface area (Å²) in [6.07, 6.45) is -0.374. The molecule has 2 heterocycles. The first-order valence-electron chi connectivity index (χ1n) is 5.92. The fraction of sp³-hybridized carbons (Fsp3) is 0.154. The average Bonchev–Trinajstić information content (AvgIpc) is 2.81. The lowest BCUT2D eigenvalue weighted by atomic mass is 10.1. The standard InChI is InChI=1S/C13H8F4N4/c14-9-1-2-10(13(15,16)17)8(5-9)6-21-7-20-11-12(21)19-4-3-18-11/h1-5,7H,6H2. The van der Waals surface area contributed by atoms with Crippen LogP contribution >= 0.6 is 0 Å². The molecule has 0 bridgehead atoms. The summed E-state index contributed by atoms with van der Waals surface area (Å²) in [4.78, 5) is 11.9. The lowest BCUT2D eigenvalue weighted by Gasteiger charge is -2.13. The van der Waals surface area contributed by atoms with Gasteiger partial charge in [-0.3, -0.25) is 0 Å². The van der Waals surface area contributed by atoms with Gasteiger partial charge in [-0.05, 0) is 23.8 Å². The van der Waals surface area contributed by atoms with Gasteiger partial charge < -0.3 is 4.57 Å². The Morgan fingerprint density at radius 2 is 1.81 bits per heavy atom. The highest BCUT2D eigenvalue weighted by molar-refractivity contribution is 5.64. The summed E-state index contributed by atoms with van der Waals surface area (Å²) < 4.78 is 53.5. The van der Waals surface area contributed by atoms with E-state index in [4.69, 9.17) is 0 Å². The molecular formula is C13H8F4N4. The molecule has 0 spiro atoms. The second-order valence-electron chi connectivity index (χ2n) is 4.38. The Morgan fingerprint density at radius 3 is 2.57 bits per heavy atom. The minimum absolute atomic E-state index is 0.188. The van der Waals surface area contributed by atoms with Crippen molar-refractivity contribution in [2.75, 3.05) is 0 Å². The molecule has 0 aliphatic carbocycles. The summed E-state index contributed by atoms with van der Waals surface area (Å²) in [6, 6.07) is 2.39. The van der Waals surface area contributed by atoms with E-state index in [0.29, 0.717) is 11.3 Å². The van der Waals surface area contributed by atoms with Crippen LogP contribution in [0.4, 0.5) is 17.6 Å². The number of nitrogens with zero attached hydrogens (tertiary/aromatic N) is 4. The number of rotatable bonds is 2. The van der Waals surface area contributed by atoms with Crippen molar-refractivity contribution < 1.29 is 17.6 Å². The second-order valence-corrected chi connectivity index (χ2v) is 4.38. The van der Waals surface area contributed by atoms with Crippen molar-refractivity contribution >= 4 is 11.3 Å². The summed E-state index contributed by atoms with van der Waals surface area (Å²) in [5.74, 6) is -0.728. The van der Waals surface area contributed by atoms with Crippen LogP contribution in [0.15, 0.2) is 36.9 Å². The van der Waals surface area contributed by atoms with Gasteiger partial charge in [-0.1, -0.05) is 0 Å². The monoisotopic (exact) mass is 296 g/mol. The van der Waals surface area contributed by atoms with Crippen LogP contribution in [-0.4, -0.2) is 19.5 Å². The third kappa shape index (κ3) is 2.56. The molecule has 0 amide bonds. The van der Waals surface area contributed by atoms with E-state index in [9.17, 15) is 17.6 Å². The summed E-state index contributed by atoms with van der Waals surface area (Å²) in [5.41, 5.74) is -0.403. The predicted octanol–water partition coefficient (Wildman–Crippen LogP) is 3.03. The molecule has 0 aliphatic heterocycles. The Labute approximate surface area is 116 Å². The van der Waals surface area contributed by atoms with Gasteiger partial charge in [-0.25, -0.2) is 19.3 Å². The second kappa shape index (κ2) is 4.80. The largest absolute Gasteiger partial charge is 0.416 e. The highest BCUT2D eigenvalue weighted by Gasteiger charge is 2.33. The summed E-state index contributed by atoms with van der Waals surface area (Å²) in [7, 11) is 0. The van der Waals surface area contributed by atoms with Gasteiger partial charge in [-0.15, -0.1) is 0 Å². The van der Waals surface area contributed by atoms with Gasteiger partial charge in [0.25, 0.3) is 0 Å². The SMILES string of the molecule is Fc1ccc(C(F)(F)F)c(Cn2cnc3nccnc32)c1. The summed E-state index contributed by atoms with van der Waals surface area (Å²) >= 11 is 0. The first-order valence-corrected chi connectivity index (χ1v) is 5.92. The molecule has 1 aromatic carbocycles. The Bertz CT molecular complexity index is 794.